The molecule has 2 aliphatic rings. The first-order valence-electron chi connectivity index (χ1n) is 6.45. The van der Waals surface area contributed by atoms with Crippen LogP contribution >= 0.6 is 11.6 Å². The lowest BCUT2D eigenvalue weighted by atomic mass is 9.61. The van der Waals surface area contributed by atoms with Gasteiger partial charge in [0.1, 0.15) is 0 Å². The van der Waals surface area contributed by atoms with Crippen LogP contribution in [0.3, 0.4) is 0 Å². The Labute approximate surface area is 109 Å². The van der Waals surface area contributed by atoms with Crippen molar-refractivity contribution < 1.29 is 4.79 Å². The number of hydrogen-bond donors (Lipinski definition) is 0. The molecule has 17 heavy (non-hydrogen) atoms. The molecule has 1 fully saturated rings. The minimum Gasteiger partial charge on any atom is -0.295 e. The molecule has 2 aliphatic carbocycles. The molecule has 0 spiro atoms. The third-order valence-corrected chi connectivity index (χ3v) is 5.09. The summed E-state index contributed by atoms with van der Waals surface area (Å²) in [5, 5.41) is 0. The molecule has 0 heterocycles. The summed E-state index contributed by atoms with van der Waals surface area (Å²) < 4.78 is 0. The van der Waals surface area contributed by atoms with Gasteiger partial charge in [-0.25, -0.2) is 0 Å². The van der Waals surface area contributed by atoms with E-state index in [2.05, 4.69) is 13.5 Å². The molecule has 0 aromatic carbocycles. The molecule has 94 valence electrons. The Morgan fingerprint density at radius 2 is 2.24 bits per heavy atom. The van der Waals surface area contributed by atoms with Crippen LogP contribution in [0.5, 0.6) is 0 Å². The molecule has 1 saturated carbocycles. The molecule has 0 saturated heterocycles. The van der Waals surface area contributed by atoms with Crippen molar-refractivity contribution >= 4 is 17.4 Å². The first kappa shape index (κ1) is 12.9. The lowest BCUT2D eigenvalue weighted by molar-refractivity contribution is -0.117. The number of carbonyl (C=O) groups excluding carboxylic acids is 1. The zero-order valence-electron chi connectivity index (χ0n) is 10.8. The Balaban J connectivity index is 2.29. The number of allylic oxidation sites excluding steroid dienone is 3. The van der Waals surface area contributed by atoms with E-state index in [-0.39, 0.29) is 5.41 Å². The Morgan fingerprint density at radius 1 is 1.53 bits per heavy atom. The van der Waals surface area contributed by atoms with Crippen LogP contribution < -0.4 is 0 Å². The van der Waals surface area contributed by atoms with Crippen molar-refractivity contribution in [3.05, 3.63) is 23.3 Å². The molecule has 0 aromatic rings. The van der Waals surface area contributed by atoms with Gasteiger partial charge in [-0.05, 0) is 49.5 Å². The fourth-order valence-electron chi connectivity index (χ4n) is 3.32. The first-order valence-corrected chi connectivity index (χ1v) is 6.98. The van der Waals surface area contributed by atoms with Gasteiger partial charge in [-0.2, -0.15) is 0 Å². The minimum atomic E-state index is 0.265. The predicted molar refractivity (Wildman–Crippen MR) is 72.2 cm³/mol. The fourth-order valence-corrected chi connectivity index (χ4v) is 3.54. The monoisotopic (exact) mass is 252 g/mol. The number of alkyl halides is 1. The molecule has 0 unspecified atom stereocenters. The lowest BCUT2D eigenvalue weighted by Crippen LogP contribution is -2.34. The summed E-state index contributed by atoms with van der Waals surface area (Å²) in [4.78, 5) is 11.8. The SMILES string of the molecule is C=C(CCl)[C@@H]1CC[C@@]2(C)CCC(=O)C(C)=C2C1. The van der Waals surface area contributed by atoms with E-state index in [4.69, 9.17) is 11.6 Å². The van der Waals surface area contributed by atoms with E-state index in [9.17, 15) is 4.79 Å². The van der Waals surface area contributed by atoms with E-state index in [0.29, 0.717) is 17.6 Å². The zero-order valence-corrected chi connectivity index (χ0v) is 11.6. The third kappa shape index (κ3) is 2.22. The second-order valence-electron chi connectivity index (χ2n) is 5.82. The highest BCUT2D eigenvalue weighted by molar-refractivity contribution is 6.19. The van der Waals surface area contributed by atoms with Gasteiger partial charge in [0, 0.05) is 12.3 Å². The number of carbonyl (C=O) groups is 1. The summed E-state index contributed by atoms with van der Waals surface area (Å²) in [6.07, 6.45) is 5.10. The molecule has 2 atom stereocenters. The highest BCUT2D eigenvalue weighted by Gasteiger charge is 2.40. The predicted octanol–water partition coefficient (Wildman–Crippen LogP) is 4.27. The van der Waals surface area contributed by atoms with Gasteiger partial charge in [-0.15, -0.1) is 11.6 Å². The van der Waals surface area contributed by atoms with Crippen LogP contribution in [0.2, 0.25) is 0 Å². The van der Waals surface area contributed by atoms with Crippen LogP contribution in [0.15, 0.2) is 23.3 Å². The Bertz CT molecular complexity index is 394. The van der Waals surface area contributed by atoms with E-state index in [1.54, 1.807) is 0 Å². The second-order valence-corrected chi connectivity index (χ2v) is 6.09. The van der Waals surface area contributed by atoms with E-state index in [1.807, 2.05) is 6.92 Å². The van der Waals surface area contributed by atoms with Crippen LogP contribution in [0.1, 0.15) is 46.0 Å². The van der Waals surface area contributed by atoms with E-state index in [0.717, 1.165) is 30.4 Å². The molecule has 2 rings (SSSR count). The lowest BCUT2D eigenvalue weighted by Gasteiger charge is -2.44. The molecular formula is C15H21ClO. The maximum Gasteiger partial charge on any atom is 0.158 e. The Kier molecular flexibility index (Phi) is 3.49. The Morgan fingerprint density at radius 3 is 2.88 bits per heavy atom. The third-order valence-electron chi connectivity index (χ3n) is 4.75. The number of halogens is 1. The number of ketones is 1. The van der Waals surface area contributed by atoms with Crippen molar-refractivity contribution in [1.82, 2.24) is 0 Å². The van der Waals surface area contributed by atoms with Crippen molar-refractivity contribution in [1.29, 1.82) is 0 Å². The van der Waals surface area contributed by atoms with Gasteiger partial charge in [0.25, 0.3) is 0 Å². The molecule has 0 N–H and O–H groups in total. The fraction of sp³-hybridized carbons (Fsp3) is 0.667. The molecular weight excluding hydrogens is 232 g/mol. The van der Waals surface area contributed by atoms with Crippen molar-refractivity contribution in [2.45, 2.75) is 46.0 Å². The van der Waals surface area contributed by atoms with Gasteiger partial charge in [0.15, 0.2) is 5.78 Å². The van der Waals surface area contributed by atoms with Crippen LogP contribution in [0.25, 0.3) is 0 Å². The number of fused-ring (bicyclic) bond motifs is 1. The maximum absolute atomic E-state index is 11.8. The van der Waals surface area contributed by atoms with Crippen molar-refractivity contribution in [2.75, 3.05) is 5.88 Å². The van der Waals surface area contributed by atoms with Crippen molar-refractivity contribution in [2.24, 2.45) is 11.3 Å². The van der Waals surface area contributed by atoms with Gasteiger partial charge in [0.2, 0.25) is 0 Å². The standard InChI is InChI=1S/C15H21ClO/c1-10(9-16)12-4-6-15(3)7-5-14(17)11(2)13(15)8-12/h12H,1,4-9H2,2-3H3/t12-,15+/m1/s1. The van der Waals surface area contributed by atoms with Crippen molar-refractivity contribution in [3.8, 4) is 0 Å². The summed E-state index contributed by atoms with van der Waals surface area (Å²) in [6, 6.07) is 0. The maximum atomic E-state index is 11.8. The van der Waals surface area contributed by atoms with Gasteiger partial charge < -0.3 is 0 Å². The first-order chi connectivity index (χ1) is 7.98. The number of hydrogen-bond acceptors (Lipinski definition) is 1. The number of Topliss-reactive ketones (excluding diaryl/α,β-unsaturated/α-hetero) is 1. The van der Waals surface area contributed by atoms with E-state index in [1.165, 1.54) is 18.4 Å². The Hall–Kier alpha value is -0.560. The largest absolute Gasteiger partial charge is 0.295 e. The number of rotatable bonds is 2. The van der Waals surface area contributed by atoms with Crippen molar-refractivity contribution in [3.63, 3.8) is 0 Å². The topological polar surface area (TPSA) is 17.1 Å². The second kappa shape index (κ2) is 4.61. The van der Waals surface area contributed by atoms with Gasteiger partial charge in [-0.1, -0.05) is 24.6 Å². The van der Waals surface area contributed by atoms with Gasteiger partial charge >= 0.3 is 0 Å². The molecule has 0 aliphatic heterocycles. The minimum absolute atomic E-state index is 0.265. The molecule has 0 aromatic heterocycles. The summed E-state index contributed by atoms with van der Waals surface area (Å²) >= 11 is 5.88. The normalized spacial score (nSPS) is 33.6. The summed E-state index contributed by atoms with van der Waals surface area (Å²) in [7, 11) is 0. The van der Waals surface area contributed by atoms with Crippen LogP contribution in [0.4, 0.5) is 0 Å². The van der Waals surface area contributed by atoms with E-state index >= 15 is 0 Å². The average molecular weight is 253 g/mol. The quantitative estimate of drug-likeness (QED) is 0.530. The molecule has 0 radical (unpaired) electrons. The summed E-state index contributed by atoms with van der Waals surface area (Å²) in [5.41, 5.74) is 3.80. The smallest absolute Gasteiger partial charge is 0.158 e. The molecule has 2 heteroatoms. The van der Waals surface area contributed by atoms with Gasteiger partial charge in [-0.3, -0.25) is 4.79 Å². The van der Waals surface area contributed by atoms with Crippen LogP contribution in [0, 0.1) is 11.3 Å². The summed E-state index contributed by atoms with van der Waals surface area (Å²) in [5.74, 6) is 1.37. The molecule has 0 amide bonds. The van der Waals surface area contributed by atoms with Gasteiger partial charge in [0.05, 0.1) is 0 Å². The van der Waals surface area contributed by atoms with E-state index < -0.39 is 0 Å². The zero-order chi connectivity index (χ0) is 12.6. The highest BCUT2D eigenvalue weighted by Crippen LogP contribution is 2.51. The molecule has 0 bridgehead atoms. The average Bonchev–Trinajstić information content (AvgIpc) is 2.33. The molecule has 1 nitrogen and oxygen atoms in total. The highest BCUT2D eigenvalue weighted by atomic mass is 35.5. The van der Waals surface area contributed by atoms with Crippen LogP contribution in [-0.2, 0) is 4.79 Å². The van der Waals surface area contributed by atoms with Crippen LogP contribution in [-0.4, -0.2) is 11.7 Å². The summed E-state index contributed by atoms with van der Waals surface area (Å²) in [6.45, 7) is 8.38.